The van der Waals surface area contributed by atoms with Crippen molar-refractivity contribution in [1.82, 2.24) is 13.8 Å². The third-order valence-corrected chi connectivity index (χ3v) is 5.49. The molecule has 0 spiro atoms. The van der Waals surface area contributed by atoms with Gasteiger partial charge >= 0.3 is 0 Å². The van der Waals surface area contributed by atoms with Gasteiger partial charge in [0.15, 0.2) is 5.65 Å². The van der Waals surface area contributed by atoms with Gasteiger partial charge in [0.2, 0.25) is 0 Å². The number of halogens is 2. The number of alkyl halides is 2. The molecule has 2 aromatic heterocycles. The molecule has 0 atom stereocenters. The number of rotatable bonds is 5. The van der Waals surface area contributed by atoms with Gasteiger partial charge in [0, 0.05) is 29.8 Å². The van der Waals surface area contributed by atoms with Crippen LogP contribution in [0, 0.1) is 5.92 Å². The van der Waals surface area contributed by atoms with Crippen molar-refractivity contribution in [3.8, 4) is 0 Å². The van der Waals surface area contributed by atoms with Gasteiger partial charge in [0.05, 0.1) is 4.90 Å². The van der Waals surface area contributed by atoms with Crippen LogP contribution in [0.2, 0.25) is 0 Å². The molecule has 6 nitrogen and oxygen atoms in total. The van der Waals surface area contributed by atoms with Gasteiger partial charge < -0.3 is 0 Å². The van der Waals surface area contributed by atoms with Crippen LogP contribution in [-0.4, -0.2) is 22.2 Å². The number of hydrogen-bond acceptors (Lipinski definition) is 4. The highest BCUT2D eigenvalue weighted by Gasteiger charge is 2.26. The molecule has 3 rings (SSSR count). The van der Waals surface area contributed by atoms with Gasteiger partial charge in [0.25, 0.3) is 22.0 Å². The zero-order chi connectivity index (χ0) is 19.1. The Labute approximate surface area is 148 Å². The van der Waals surface area contributed by atoms with Crippen LogP contribution in [0.4, 0.5) is 8.78 Å². The van der Waals surface area contributed by atoms with E-state index in [9.17, 15) is 22.0 Å². The van der Waals surface area contributed by atoms with Crippen LogP contribution in [0.25, 0.3) is 11.0 Å². The van der Waals surface area contributed by atoms with E-state index < -0.39 is 27.6 Å². The summed E-state index contributed by atoms with van der Waals surface area (Å²) in [7, 11) is -4.27. The normalized spacial score (nSPS) is 12.4. The van der Waals surface area contributed by atoms with Crippen molar-refractivity contribution in [2.24, 2.45) is 5.92 Å². The first-order chi connectivity index (χ1) is 12.2. The number of nitrogens with zero attached hydrogens (tertiary/aromatic N) is 3. The summed E-state index contributed by atoms with van der Waals surface area (Å²) in [6.45, 7) is 4.22. The first-order valence-electron chi connectivity index (χ1n) is 7.93. The molecule has 0 bridgehead atoms. The molecular weight excluding hydrogens is 364 g/mol. The largest absolute Gasteiger partial charge is 0.272 e. The Morgan fingerprint density at radius 3 is 2.38 bits per heavy atom. The number of pyridine rings is 1. The zero-order valence-corrected chi connectivity index (χ0v) is 15.0. The third kappa shape index (κ3) is 3.14. The smallest absolute Gasteiger partial charge is 0.270 e. The molecular formula is C17H17F2N3O3S. The lowest BCUT2D eigenvalue weighted by Crippen LogP contribution is -2.28. The molecule has 9 heteroatoms. The predicted molar refractivity (Wildman–Crippen MR) is 92.8 cm³/mol. The number of fused-ring (bicyclic) bond motifs is 1. The topological polar surface area (TPSA) is 74.0 Å². The number of hydrogen-bond donors (Lipinski definition) is 0. The highest BCUT2D eigenvalue weighted by molar-refractivity contribution is 7.90. The van der Waals surface area contributed by atoms with Gasteiger partial charge in [-0.05, 0) is 18.1 Å². The van der Waals surface area contributed by atoms with Crippen LogP contribution in [-0.2, 0) is 16.6 Å². The van der Waals surface area contributed by atoms with Gasteiger partial charge in [0.1, 0.15) is 0 Å². The maximum absolute atomic E-state index is 13.4. The average molecular weight is 381 g/mol. The Kier molecular flexibility index (Phi) is 4.66. The summed E-state index contributed by atoms with van der Waals surface area (Å²) in [5.74, 6) is 0.158. The van der Waals surface area contributed by atoms with Crippen LogP contribution in [0.5, 0.6) is 0 Å². The fraction of sp³-hybridized carbons (Fsp3) is 0.294. The summed E-state index contributed by atoms with van der Waals surface area (Å²) in [5, 5.41) is 4.06. The van der Waals surface area contributed by atoms with E-state index in [1.807, 2.05) is 13.8 Å². The van der Waals surface area contributed by atoms with Crippen molar-refractivity contribution in [3.63, 3.8) is 0 Å². The van der Waals surface area contributed by atoms with Gasteiger partial charge in [-0.25, -0.2) is 17.2 Å². The lowest BCUT2D eigenvalue weighted by Gasteiger charge is -2.10. The first kappa shape index (κ1) is 18.2. The summed E-state index contributed by atoms with van der Waals surface area (Å²) in [4.78, 5) is 12.3. The number of aromatic nitrogens is 3. The molecule has 0 radical (unpaired) electrons. The standard InChI is InChI=1S/C17H17F2N3O3S/c1-11(2)9-21-10-14-13(16(18)19)8-15(23)22(17(14)20-21)26(24,25)12-6-4-3-5-7-12/h3-8,10-11,16H,9H2,1-2H3. The molecule has 138 valence electrons. The van der Waals surface area contributed by atoms with Crippen LogP contribution >= 0.6 is 0 Å². The Morgan fingerprint density at radius 2 is 1.81 bits per heavy atom. The molecule has 26 heavy (non-hydrogen) atoms. The quantitative estimate of drug-likeness (QED) is 0.681. The molecule has 0 saturated carbocycles. The Bertz CT molecular complexity index is 1100. The summed E-state index contributed by atoms with van der Waals surface area (Å²) in [6.07, 6.45) is -1.57. The summed E-state index contributed by atoms with van der Waals surface area (Å²) < 4.78 is 54.4. The Balaban J connectivity index is 2.36. The summed E-state index contributed by atoms with van der Waals surface area (Å²) in [6, 6.07) is 7.99. The molecule has 0 saturated heterocycles. The highest BCUT2D eigenvalue weighted by Crippen LogP contribution is 2.27. The predicted octanol–water partition coefficient (Wildman–Crippen LogP) is 3.03. The van der Waals surface area contributed by atoms with E-state index in [1.165, 1.54) is 35.1 Å². The molecule has 0 amide bonds. The van der Waals surface area contributed by atoms with Gasteiger partial charge in [-0.15, -0.1) is 0 Å². The Morgan fingerprint density at radius 1 is 1.15 bits per heavy atom. The minimum Gasteiger partial charge on any atom is -0.270 e. The maximum atomic E-state index is 13.4. The maximum Gasteiger partial charge on any atom is 0.272 e. The molecule has 0 aliphatic carbocycles. The minimum absolute atomic E-state index is 0.0558. The first-order valence-corrected chi connectivity index (χ1v) is 9.37. The van der Waals surface area contributed by atoms with E-state index in [-0.39, 0.29) is 21.8 Å². The van der Waals surface area contributed by atoms with Crippen molar-refractivity contribution in [3.05, 3.63) is 58.5 Å². The van der Waals surface area contributed by atoms with E-state index in [1.54, 1.807) is 6.07 Å². The van der Waals surface area contributed by atoms with Crippen molar-refractivity contribution in [2.45, 2.75) is 31.7 Å². The molecule has 3 aromatic rings. The molecule has 2 heterocycles. The van der Waals surface area contributed by atoms with E-state index >= 15 is 0 Å². The van der Waals surface area contributed by atoms with Gasteiger partial charge in [-0.2, -0.15) is 9.07 Å². The molecule has 0 unspecified atom stereocenters. The SMILES string of the molecule is CC(C)Cn1cc2c(C(F)F)cc(=O)n(S(=O)(=O)c3ccccc3)c2n1. The zero-order valence-electron chi connectivity index (χ0n) is 14.1. The molecule has 0 N–H and O–H groups in total. The lowest BCUT2D eigenvalue weighted by molar-refractivity contribution is 0.153. The van der Waals surface area contributed by atoms with Crippen molar-refractivity contribution in [2.75, 3.05) is 0 Å². The molecule has 0 aliphatic heterocycles. The van der Waals surface area contributed by atoms with E-state index in [0.717, 1.165) is 0 Å². The van der Waals surface area contributed by atoms with Crippen LogP contribution < -0.4 is 5.56 Å². The third-order valence-electron chi connectivity index (χ3n) is 3.79. The van der Waals surface area contributed by atoms with Crippen molar-refractivity contribution < 1.29 is 17.2 Å². The van der Waals surface area contributed by atoms with E-state index in [2.05, 4.69) is 5.10 Å². The van der Waals surface area contributed by atoms with Crippen LogP contribution in [0.15, 0.2) is 52.3 Å². The van der Waals surface area contributed by atoms with Crippen molar-refractivity contribution in [1.29, 1.82) is 0 Å². The second-order valence-corrected chi connectivity index (χ2v) is 8.09. The monoisotopic (exact) mass is 381 g/mol. The molecule has 0 fully saturated rings. The van der Waals surface area contributed by atoms with Crippen molar-refractivity contribution >= 4 is 21.1 Å². The minimum atomic E-state index is -4.27. The lowest BCUT2D eigenvalue weighted by atomic mass is 10.2. The molecule has 1 aromatic carbocycles. The number of benzene rings is 1. The van der Waals surface area contributed by atoms with E-state index in [0.29, 0.717) is 16.6 Å². The second-order valence-electron chi connectivity index (χ2n) is 6.30. The van der Waals surface area contributed by atoms with E-state index in [4.69, 9.17) is 0 Å². The fourth-order valence-electron chi connectivity index (χ4n) is 2.72. The fourth-order valence-corrected chi connectivity index (χ4v) is 4.08. The summed E-state index contributed by atoms with van der Waals surface area (Å²) in [5.41, 5.74) is -1.89. The summed E-state index contributed by atoms with van der Waals surface area (Å²) >= 11 is 0. The average Bonchev–Trinajstić information content (AvgIpc) is 2.96. The Hall–Kier alpha value is -2.55. The van der Waals surface area contributed by atoms with Crippen LogP contribution in [0.3, 0.4) is 0 Å². The van der Waals surface area contributed by atoms with Gasteiger partial charge in [-0.1, -0.05) is 32.0 Å². The molecule has 0 aliphatic rings. The van der Waals surface area contributed by atoms with Crippen LogP contribution in [0.1, 0.15) is 25.8 Å². The second kappa shape index (κ2) is 6.64. The van der Waals surface area contributed by atoms with Gasteiger partial charge in [-0.3, -0.25) is 9.48 Å². The highest BCUT2D eigenvalue weighted by atomic mass is 32.2.